The van der Waals surface area contributed by atoms with Crippen molar-refractivity contribution in [3.05, 3.63) is 64.2 Å². The van der Waals surface area contributed by atoms with Crippen molar-refractivity contribution in [1.29, 1.82) is 0 Å². The normalized spacial score (nSPS) is 19.3. The zero-order chi connectivity index (χ0) is 21.4. The molecular formula is C20H18F4N4OS. The number of rotatable bonds is 2. The molecule has 0 saturated carbocycles. The second kappa shape index (κ2) is 8.17. The summed E-state index contributed by atoms with van der Waals surface area (Å²) in [7, 11) is -0.993. The van der Waals surface area contributed by atoms with E-state index in [9.17, 15) is 17.6 Å². The molecule has 2 aromatic rings. The highest BCUT2D eigenvalue weighted by molar-refractivity contribution is 7.87. The second-order valence-corrected chi connectivity index (χ2v) is 8.62. The van der Waals surface area contributed by atoms with Crippen molar-refractivity contribution in [2.24, 2.45) is 19.5 Å². The molecule has 0 fully saturated rings. The van der Waals surface area contributed by atoms with Gasteiger partial charge in [-0.15, -0.1) is 0 Å². The minimum Gasteiger partial charge on any atom is -0.417 e. The van der Waals surface area contributed by atoms with Crippen molar-refractivity contribution >= 4 is 22.9 Å². The first kappa shape index (κ1) is 20.5. The number of amidine groups is 1. The highest BCUT2D eigenvalue weighted by Gasteiger charge is 2.28. The first-order valence-electron chi connectivity index (χ1n) is 9.30. The fraction of sp³-hybridized carbons (Fsp3) is 0.300. The Hall–Kier alpha value is -2.75. The van der Waals surface area contributed by atoms with Gasteiger partial charge >= 0.3 is 6.02 Å². The predicted octanol–water partition coefficient (Wildman–Crippen LogP) is 4.28. The topological polar surface area (TPSA) is 72.3 Å². The van der Waals surface area contributed by atoms with Crippen molar-refractivity contribution in [3.63, 3.8) is 0 Å². The summed E-state index contributed by atoms with van der Waals surface area (Å²) in [5.41, 5.74) is 7.50. The molecule has 0 bridgehead atoms. The fourth-order valence-corrected chi connectivity index (χ4v) is 4.93. The number of hydrogen-bond acceptors (Lipinski definition) is 5. The van der Waals surface area contributed by atoms with E-state index < -0.39 is 51.5 Å². The van der Waals surface area contributed by atoms with E-state index >= 15 is 0 Å². The summed E-state index contributed by atoms with van der Waals surface area (Å²) in [6.07, 6.45) is 3.23. The molecule has 30 heavy (non-hydrogen) atoms. The van der Waals surface area contributed by atoms with Gasteiger partial charge < -0.3 is 10.5 Å². The highest BCUT2D eigenvalue weighted by Crippen LogP contribution is 2.31. The Bertz CT molecular complexity index is 1060. The van der Waals surface area contributed by atoms with Crippen molar-refractivity contribution in [2.75, 3.05) is 0 Å². The molecule has 1 aliphatic heterocycles. The average molecular weight is 438 g/mol. The molecule has 0 saturated heterocycles. The summed E-state index contributed by atoms with van der Waals surface area (Å²) < 4.78 is 69.4. The number of benzene rings is 2. The quantitative estimate of drug-likeness (QED) is 0.432. The van der Waals surface area contributed by atoms with Crippen LogP contribution in [0, 0.1) is 30.2 Å². The zero-order valence-corrected chi connectivity index (χ0v) is 16.8. The smallest absolute Gasteiger partial charge is 0.333 e. The summed E-state index contributed by atoms with van der Waals surface area (Å²) in [4.78, 5) is 3.73. The SMILES string of the molecule is Cc1c(F)c(F)c(OC2=NS(C3CCc4ccccc4CC3)=NC(N)=N2)c(F)c1F. The first-order chi connectivity index (χ1) is 14.3. The third-order valence-corrected chi connectivity index (χ3v) is 6.88. The van der Waals surface area contributed by atoms with Gasteiger partial charge in [0.05, 0.1) is 0 Å². The van der Waals surface area contributed by atoms with E-state index in [-0.39, 0.29) is 11.2 Å². The van der Waals surface area contributed by atoms with Gasteiger partial charge in [-0.2, -0.15) is 22.5 Å². The lowest BCUT2D eigenvalue weighted by molar-refractivity contribution is 0.383. The standard InChI is InChI=1S/C20H18F4N4OS/c1-10-14(21)16(23)18(17(24)15(10)22)29-20-26-19(25)27-30(28-20)13-8-6-11-4-2-3-5-12(11)7-9-13/h2-5,13H,6-9H2,1H3,(H2,25,26,27,28). The predicted molar refractivity (Wildman–Crippen MR) is 107 cm³/mol. The van der Waals surface area contributed by atoms with E-state index in [0.717, 1.165) is 32.6 Å². The van der Waals surface area contributed by atoms with E-state index in [0.29, 0.717) is 0 Å². The lowest BCUT2D eigenvalue weighted by Crippen LogP contribution is -2.25. The van der Waals surface area contributed by atoms with Gasteiger partial charge in [-0.25, -0.2) is 8.78 Å². The van der Waals surface area contributed by atoms with Crippen LogP contribution in [0.15, 0.2) is 38.0 Å². The van der Waals surface area contributed by atoms with E-state index in [1.54, 1.807) is 0 Å². The summed E-state index contributed by atoms with van der Waals surface area (Å²) in [5, 5.41) is 0.0197. The van der Waals surface area contributed by atoms with Crippen LogP contribution in [0.1, 0.15) is 29.5 Å². The molecule has 1 unspecified atom stereocenters. The maximum atomic E-state index is 14.1. The molecule has 2 aromatic carbocycles. The van der Waals surface area contributed by atoms with E-state index in [2.05, 4.69) is 25.9 Å². The third-order valence-electron chi connectivity index (χ3n) is 5.09. The maximum absolute atomic E-state index is 14.1. The van der Waals surface area contributed by atoms with Crippen LogP contribution in [0.25, 0.3) is 0 Å². The van der Waals surface area contributed by atoms with Gasteiger partial charge in [0.1, 0.15) is 0 Å². The van der Waals surface area contributed by atoms with Crippen LogP contribution in [0.3, 0.4) is 0 Å². The van der Waals surface area contributed by atoms with Crippen LogP contribution < -0.4 is 10.5 Å². The van der Waals surface area contributed by atoms with E-state index in [1.165, 1.54) is 11.1 Å². The van der Waals surface area contributed by atoms with Crippen molar-refractivity contribution in [2.45, 2.75) is 37.9 Å². The molecule has 0 amide bonds. The molecule has 1 heterocycles. The number of ether oxygens (including phenoxy) is 1. The van der Waals surface area contributed by atoms with Crippen molar-refractivity contribution in [3.8, 4) is 5.75 Å². The number of nitrogens with zero attached hydrogens (tertiary/aromatic N) is 3. The fourth-order valence-electron chi connectivity index (χ4n) is 3.46. The largest absolute Gasteiger partial charge is 0.417 e. The summed E-state index contributed by atoms with van der Waals surface area (Å²) in [5.74, 6) is -7.81. The molecule has 158 valence electrons. The second-order valence-electron chi connectivity index (χ2n) is 7.01. The Balaban J connectivity index is 1.61. The maximum Gasteiger partial charge on any atom is 0.333 e. The highest BCUT2D eigenvalue weighted by atomic mass is 32.2. The van der Waals surface area contributed by atoms with Gasteiger partial charge in [0.15, 0.2) is 11.6 Å². The molecule has 1 atom stereocenters. The number of halogens is 4. The van der Waals surface area contributed by atoms with Gasteiger partial charge in [0, 0.05) is 21.7 Å². The van der Waals surface area contributed by atoms with Crippen molar-refractivity contribution < 1.29 is 22.3 Å². The molecule has 0 aromatic heterocycles. The van der Waals surface area contributed by atoms with Crippen LogP contribution >= 0.6 is 0 Å². The van der Waals surface area contributed by atoms with E-state index in [4.69, 9.17) is 10.5 Å². The Labute approximate surface area is 172 Å². The molecular weight excluding hydrogens is 420 g/mol. The van der Waals surface area contributed by atoms with Crippen LogP contribution in [0.5, 0.6) is 5.75 Å². The van der Waals surface area contributed by atoms with Crippen molar-refractivity contribution in [1.82, 2.24) is 0 Å². The molecule has 1 aliphatic carbocycles. The lowest BCUT2D eigenvalue weighted by Gasteiger charge is -2.18. The van der Waals surface area contributed by atoms with Gasteiger partial charge in [-0.3, -0.25) is 0 Å². The molecule has 0 spiro atoms. The number of fused-ring (bicyclic) bond motifs is 1. The lowest BCUT2D eigenvalue weighted by atomic mass is 10.0. The average Bonchev–Trinajstić information content (AvgIpc) is 2.96. The minimum atomic E-state index is -1.66. The number of guanidine groups is 1. The van der Waals surface area contributed by atoms with Crippen LogP contribution in [0.4, 0.5) is 17.6 Å². The molecule has 4 rings (SSSR count). The Kier molecular flexibility index (Phi) is 5.59. The molecule has 5 nitrogen and oxygen atoms in total. The third kappa shape index (κ3) is 3.83. The van der Waals surface area contributed by atoms with Crippen LogP contribution in [-0.2, 0) is 23.7 Å². The Morgan fingerprint density at radius 1 is 0.967 bits per heavy atom. The Morgan fingerprint density at radius 3 is 2.10 bits per heavy atom. The molecule has 2 N–H and O–H groups in total. The monoisotopic (exact) mass is 438 g/mol. The molecule has 2 aliphatic rings. The number of aliphatic imine (C=N–C) groups is 1. The number of aryl methyl sites for hydroxylation is 2. The van der Waals surface area contributed by atoms with Gasteiger partial charge in [-0.05, 0) is 43.7 Å². The molecule has 0 radical (unpaired) electrons. The van der Waals surface area contributed by atoms with Gasteiger partial charge in [0.2, 0.25) is 23.3 Å². The minimum absolute atomic E-state index is 0.0197. The summed E-state index contributed by atoms with van der Waals surface area (Å²) in [6, 6.07) is 7.67. The number of nitrogens with two attached hydrogens (primary N) is 1. The number of hydrogen-bond donors (Lipinski definition) is 1. The van der Waals surface area contributed by atoms with Gasteiger partial charge in [0.25, 0.3) is 0 Å². The van der Waals surface area contributed by atoms with Crippen LogP contribution in [0.2, 0.25) is 0 Å². The summed E-state index contributed by atoms with van der Waals surface area (Å²) in [6.45, 7) is 0.926. The Morgan fingerprint density at radius 2 is 1.53 bits per heavy atom. The molecule has 10 heteroatoms. The first-order valence-corrected chi connectivity index (χ1v) is 10.5. The summed E-state index contributed by atoms with van der Waals surface area (Å²) >= 11 is 0. The van der Waals surface area contributed by atoms with Crippen LogP contribution in [-0.4, -0.2) is 17.2 Å². The van der Waals surface area contributed by atoms with Gasteiger partial charge in [-0.1, -0.05) is 24.3 Å². The zero-order valence-electron chi connectivity index (χ0n) is 16.0. The van der Waals surface area contributed by atoms with E-state index in [1.807, 2.05) is 12.1 Å².